The van der Waals surface area contributed by atoms with Crippen LogP contribution in [0, 0.1) is 0 Å². The Bertz CT molecular complexity index is 1220. The molecule has 1 aromatic carbocycles. The van der Waals surface area contributed by atoms with E-state index >= 15 is 0 Å². The van der Waals surface area contributed by atoms with E-state index in [-0.39, 0.29) is 16.4 Å². The minimum Gasteiger partial charge on any atom is -0.382 e. The number of benzene rings is 1. The number of pyridine rings is 1. The van der Waals surface area contributed by atoms with Crippen LogP contribution >= 0.6 is 11.6 Å². The molecule has 4 N–H and O–H groups in total. The van der Waals surface area contributed by atoms with Gasteiger partial charge in [-0.25, -0.2) is 9.97 Å². The molecule has 0 aliphatic carbocycles. The Kier molecular flexibility index (Phi) is 5.11. The van der Waals surface area contributed by atoms with Gasteiger partial charge >= 0.3 is 0 Å². The van der Waals surface area contributed by atoms with Crippen LogP contribution in [0.2, 0.25) is 5.02 Å². The van der Waals surface area contributed by atoms with Crippen molar-refractivity contribution >= 4 is 17.4 Å². The molecule has 0 spiro atoms. The van der Waals surface area contributed by atoms with Crippen LogP contribution in [0.5, 0.6) is 0 Å². The summed E-state index contributed by atoms with van der Waals surface area (Å²) in [6.45, 7) is 0.790. The average molecular weight is 409 g/mol. The van der Waals surface area contributed by atoms with Crippen LogP contribution in [0.3, 0.4) is 0 Å². The van der Waals surface area contributed by atoms with Crippen molar-refractivity contribution in [3.63, 3.8) is 0 Å². The van der Waals surface area contributed by atoms with Gasteiger partial charge < -0.3 is 20.6 Å². The summed E-state index contributed by atoms with van der Waals surface area (Å²) < 4.78 is 5.47. The summed E-state index contributed by atoms with van der Waals surface area (Å²) in [5.74, 6) is 0.595. The second-order valence-corrected chi connectivity index (χ2v) is 6.77. The first-order valence-corrected chi connectivity index (χ1v) is 9.15. The van der Waals surface area contributed by atoms with Gasteiger partial charge in [-0.15, -0.1) is 0 Å². The number of nitrogens with zero attached hydrogens (tertiary/aromatic N) is 3. The molecule has 0 unspecified atom stereocenters. The van der Waals surface area contributed by atoms with Gasteiger partial charge in [0.15, 0.2) is 17.3 Å². The van der Waals surface area contributed by atoms with Crippen LogP contribution < -0.4 is 16.6 Å². The monoisotopic (exact) mass is 408 g/mol. The lowest BCUT2D eigenvalue weighted by molar-refractivity contribution is 0.434. The molecule has 0 bridgehead atoms. The Hall–Kier alpha value is -3.49. The number of nitrogens with one attached hydrogen (secondary N) is 2. The van der Waals surface area contributed by atoms with E-state index in [0.29, 0.717) is 28.4 Å². The third kappa shape index (κ3) is 3.89. The lowest BCUT2D eigenvalue weighted by Crippen LogP contribution is -2.05. The van der Waals surface area contributed by atoms with Crippen molar-refractivity contribution in [2.75, 3.05) is 12.8 Å². The molecular weight excluding hydrogens is 392 g/mol. The number of aromatic amines is 1. The van der Waals surface area contributed by atoms with Crippen molar-refractivity contribution in [1.29, 1.82) is 0 Å². The van der Waals surface area contributed by atoms with Crippen LogP contribution in [0.25, 0.3) is 34.0 Å². The Morgan fingerprint density at radius 1 is 1.17 bits per heavy atom. The summed E-state index contributed by atoms with van der Waals surface area (Å²) in [5.41, 5.74) is 9.81. The Labute approximate surface area is 170 Å². The fourth-order valence-electron chi connectivity index (χ4n) is 2.84. The molecule has 0 saturated heterocycles. The molecule has 146 valence electrons. The van der Waals surface area contributed by atoms with Gasteiger partial charge in [-0.05, 0) is 18.7 Å². The third-order valence-electron chi connectivity index (χ3n) is 4.33. The van der Waals surface area contributed by atoms with Gasteiger partial charge in [-0.1, -0.05) is 41.0 Å². The molecule has 0 saturated carbocycles. The first-order valence-electron chi connectivity index (χ1n) is 8.77. The number of nitrogens with two attached hydrogens (primary N) is 1. The molecule has 0 aliphatic rings. The highest BCUT2D eigenvalue weighted by Gasteiger charge is 2.16. The van der Waals surface area contributed by atoms with Crippen LogP contribution in [0.1, 0.15) is 5.56 Å². The molecule has 0 fully saturated rings. The third-order valence-corrected chi connectivity index (χ3v) is 4.61. The molecule has 3 aromatic heterocycles. The average Bonchev–Trinajstić information content (AvgIpc) is 3.21. The van der Waals surface area contributed by atoms with Gasteiger partial charge in [-0.3, -0.25) is 4.79 Å². The van der Waals surface area contributed by atoms with Gasteiger partial charge in [0, 0.05) is 29.9 Å². The highest BCUT2D eigenvalue weighted by atomic mass is 35.5. The first kappa shape index (κ1) is 18.9. The fraction of sp³-hybridized carbons (Fsp3) is 0.100. The minimum atomic E-state index is -0.375. The Morgan fingerprint density at radius 2 is 1.97 bits per heavy atom. The zero-order valence-corrected chi connectivity index (χ0v) is 16.2. The lowest BCUT2D eigenvalue weighted by Gasteiger charge is -2.05. The molecular formula is C20H17ClN6O2. The van der Waals surface area contributed by atoms with E-state index < -0.39 is 0 Å². The number of aromatic nitrogens is 4. The van der Waals surface area contributed by atoms with Crippen molar-refractivity contribution in [2.45, 2.75) is 6.54 Å². The van der Waals surface area contributed by atoms with Gasteiger partial charge in [0.2, 0.25) is 0 Å². The summed E-state index contributed by atoms with van der Waals surface area (Å²) in [6, 6.07) is 11.3. The van der Waals surface area contributed by atoms with Crippen LogP contribution in [0.4, 0.5) is 5.82 Å². The molecule has 0 aliphatic heterocycles. The van der Waals surface area contributed by atoms with E-state index in [1.807, 2.05) is 31.3 Å². The number of H-pyrrole nitrogens is 1. The number of hydrogen-bond donors (Lipinski definition) is 3. The second kappa shape index (κ2) is 7.86. The predicted octanol–water partition coefficient (Wildman–Crippen LogP) is 3.11. The smallest absolute Gasteiger partial charge is 0.266 e. The standard InChI is InChI=1S/C20H17ClN6O2/c1-23-8-11-2-4-12(5-3-11)15-7-17(29-27-15)18-19(22)24-10-16(26-18)13-6-14(21)20(28)25-9-13/h2-7,9-10,23H,8H2,1H3,(H2,22,24)(H,25,28). The second-order valence-electron chi connectivity index (χ2n) is 6.36. The number of rotatable bonds is 5. The zero-order chi connectivity index (χ0) is 20.4. The number of nitrogen functional groups attached to an aromatic ring is 1. The van der Waals surface area contributed by atoms with Crippen molar-refractivity contribution in [1.82, 2.24) is 25.4 Å². The first-order chi connectivity index (χ1) is 14.0. The number of hydrogen-bond acceptors (Lipinski definition) is 7. The summed E-state index contributed by atoms with van der Waals surface area (Å²) in [5, 5.41) is 7.30. The maximum atomic E-state index is 11.5. The minimum absolute atomic E-state index is 0.0614. The topological polar surface area (TPSA) is 123 Å². The van der Waals surface area contributed by atoms with Crippen molar-refractivity contribution in [3.05, 3.63) is 69.7 Å². The molecule has 9 heteroatoms. The van der Waals surface area contributed by atoms with E-state index in [1.165, 1.54) is 24.0 Å². The van der Waals surface area contributed by atoms with Gasteiger partial charge in [0.25, 0.3) is 5.56 Å². The predicted molar refractivity (Wildman–Crippen MR) is 111 cm³/mol. The Balaban J connectivity index is 1.68. The molecule has 29 heavy (non-hydrogen) atoms. The zero-order valence-electron chi connectivity index (χ0n) is 15.4. The maximum Gasteiger partial charge on any atom is 0.266 e. The van der Waals surface area contributed by atoms with Crippen LogP contribution in [-0.4, -0.2) is 27.2 Å². The van der Waals surface area contributed by atoms with Crippen LogP contribution in [-0.2, 0) is 6.54 Å². The van der Waals surface area contributed by atoms with E-state index in [4.69, 9.17) is 21.9 Å². The molecule has 8 nitrogen and oxygen atoms in total. The molecule has 3 heterocycles. The van der Waals surface area contributed by atoms with Gasteiger partial charge in [0.1, 0.15) is 10.7 Å². The normalized spacial score (nSPS) is 11.0. The van der Waals surface area contributed by atoms with E-state index in [1.54, 1.807) is 6.07 Å². The lowest BCUT2D eigenvalue weighted by atomic mass is 10.1. The number of anilines is 1. The van der Waals surface area contributed by atoms with E-state index in [9.17, 15) is 4.79 Å². The van der Waals surface area contributed by atoms with E-state index in [0.717, 1.165) is 12.1 Å². The van der Waals surface area contributed by atoms with E-state index in [2.05, 4.69) is 25.4 Å². The molecule has 4 aromatic rings. The summed E-state index contributed by atoms with van der Waals surface area (Å²) in [6.07, 6.45) is 3.01. The van der Waals surface area contributed by atoms with Crippen molar-refractivity contribution in [3.8, 4) is 34.0 Å². The summed E-state index contributed by atoms with van der Waals surface area (Å²) in [7, 11) is 1.90. The van der Waals surface area contributed by atoms with Gasteiger partial charge in [-0.2, -0.15) is 0 Å². The fourth-order valence-corrected chi connectivity index (χ4v) is 3.02. The summed E-state index contributed by atoms with van der Waals surface area (Å²) >= 11 is 5.90. The molecule has 4 rings (SSSR count). The van der Waals surface area contributed by atoms with Crippen LogP contribution in [0.15, 0.2) is 58.1 Å². The maximum absolute atomic E-state index is 11.5. The highest BCUT2D eigenvalue weighted by molar-refractivity contribution is 6.30. The van der Waals surface area contributed by atoms with Crippen molar-refractivity contribution in [2.24, 2.45) is 0 Å². The molecule has 0 atom stereocenters. The quantitative estimate of drug-likeness (QED) is 0.463. The Morgan fingerprint density at radius 3 is 2.69 bits per heavy atom. The van der Waals surface area contributed by atoms with Crippen molar-refractivity contribution < 1.29 is 4.52 Å². The number of halogens is 1. The SMILES string of the molecule is CNCc1ccc(-c2cc(-c3nc(-c4c[nH]c(=O)c(Cl)c4)cnc3N)on2)cc1. The molecule has 0 amide bonds. The molecule has 0 radical (unpaired) electrons. The van der Waals surface area contributed by atoms with Gasteiger partial charge in [0.05, 0.1) is 11.9 Å². The summed E-state index contributed by atoms with van der Waals surface area (Å²) in [4.78, 5) is 22.7. The largest absolute Gasteiger partial charge is 0.382 e. The highest BCUT2D eigenvalue weighted by Crippen LogP contribution is 2.29.